The van der Waals surface area contributed by atoms with Crippen LogP contribution in [0, 0.1) is 19.3 Å². The molecule has 1 aliphatic carbocycles. The van der Waals surface area contributed by atoms with Crippen molar-refractivity contribution in [1.82, 2.24) is 30.2 Å². The highest BCUT2D eigenvalue weighted by molar-refractivity contribution is 7.92. The lowest BCUT2D eigenvalue weighted by Crippen LogP contribution is -2.36. The van der Waals surface area contributed by atoms with Crippen molar-refractivity contribution in [3.05, 3.63) is 88.5 Å². The minimum absolute atomic E-state index is 0. The molecule has 51 heavy (non-hydrogen) atoms. The number of rotatable bonds is 14. The molecule has 1 fully saturated rings. The molecule has 2 aromatic heterocycles. The Morgan fingerprint density at radius 3 is 2.43 bits per heavy atom. The van der Waals surface area contributed by atoms with Crippen LogP contribution in [0.1, 0.15) is 83.4 Å². The number of fused-ring (bicyclic) bond motifs is 1. The van der Waals surface area contributed by atoms with E-state index in [1.165, 1.54) is 18.2 Å². The molecular weight excluding hydrogens is 694 g/mol. The van der Waals surface area contributed by atoms with E-state index in [0.29, 0.717) is 35.9 Å². The van der Waals surface area contributed by atoms with E-state index in [0.717, 1.165) is 42.0 Å². The number of aromatic carboxylic acids is 1. The largest absolute Gasteiger partial charge is 0.478 e. The van der Waals surface area contributed by atoms with E-state index in [1.54, 1.807) is 17.2 Å². The molecule has 0 saturated heterocycles. The Balaban J connectivity index is 0.00000504. The van der Waals surface area contributed by atoms with Crippen molar-refractivity contribution in [2.45, 2.75) is 83.9 Å². The molecule has 6 rings (SSSR count). The first-order valence-electron chi connectivity index (χ1n) is 16.6. The zero-order valence-electron chi connectivity index (χ0n) is 29.1. The van der Waals surface area contributed by atoms with Crippen LogP contribution in [0.3, 0.4) is 0 Å². The first kappa shape index (κ1) is 37.6. The van der Waals surface area contributed by atoms with E-state index >= 15 is 0 Å². The third kappa shape index (κ3) is 8.63. The van der Waals surface area contributed by atoms with Crippen molar-refractivity contribution in [3.63, 3.8) is 0 Å². The van der Waals surface area contributed by atoms with Crippen LogP contribution in [-0.2, 0) is 23.1 Å². The van der Waals surface area contributed by atoms with Crippen LogP contribution in [0.5, 0.6) is 5.88 Å². The summed E-state index contributed by atoms with van der Waals surface area (Å²) in [5, 5.41) is 12.9. The molecule has 0 bridgehead atoms. The number of hydrogen-bond donors (Lipinski definition) is 3. The topological polar surface area (TPSA) is 177 Å². The molecule has 1 amide bonds. The highest BCUT2D eigenvalue weighted by atomic mass is 35.5. The zero-order chi connectivity index (χ0) is 35.8. The predicted octanol–water partition coefficient (Wildman–Crippen LogP) is 5.56. The maximum atomic E-state index is 13.4. The van der Waals surface area contributed by atoms with Gasteiger partial charge in [0.25, 0.3) is 15.9 Å². The van der Waals surface area contributed by atoms with Crippen molar-refractivity contribution >= 4 is 40.3 Å². The number of hydrogen-bond acceptors (Lipinski definition) is 10. The number of carboxylic acid groups (broad SMARTS) is 1. The Hall–Kier alpha value is -4.66. The van der Waals surface area contributed by atoms with Crippen LogP contribution < -0.4 is 14.8 Å². The number of sulfonamides is 1. The van der Waals surface area contributed by atoms with E-state index in [2.05, 4.69) is 36.9 Å². The maximum absolute atomic E-state index is 13.4. The number of nitrogens with one attached hydrogen (secondary N) is 2. The second kappa shape index (κ2) is 14.9. The Morgan fingerprint density at radius 2 is 1.76 bits per heavy atom. The van der Waals surface area contributed by atoms with E-state index in [1.807, 2.05) is 45.9 Å². The Labute approximate surface area is 303 Å². The summed E-state index contributed by atoms with van der Waals surface area (Å²) in [7, 11) is -4.25. The second-order valence-corrected chi connectivity index (χ2v) is 15.4. The number of amides is 1. The van der Waals surface area contributed by atoms with Crippen molar-refractivity contribution in [3.8, 4) is 17.1 Å². The number of carboxylic acids is 1. The predicted molar refractivity (Wildman–Crippen MR) is 194 cm³/mol. The molecule has 2 aliphatic rings. The number of ether oxygens (including phenoxy) is 1. The van der Waals surface area contributed by atoms with Gasteiger partial charge < -0.3 is 20.1 Å². The number of halogens is 1. The maximum Gasteiger partial charge on any atom is 0.335 e. The van der Waals surface area contributed by atoms with Crippen molar-refractivity contribution in [2.24, 2.45) is 5.41 Å². The minimum atomic E-state index is -4.25. The van der Waals surface area contributed by atoms with Crippen molar-refractivity contribution in [2.75, 3.05) is 11.3 Å². The molecule has 1 atom stereocenters. The van der Waals surface area contributed by atoms with Gasteiger partial charge in [-0.2, -0.15) is 4.98 Å². The van der Waals surface area contributed by atoms with Crippen LogP contribution in [0.2, 0.25) is 0 Å². The molecule has 1 saturated carbocycles. The van der Waals surface area contributed by atoms with E-state index in [-0.39, 0.29) is 64.7 Å². The first-order chi connectivity index (χ1) is 23.7. The standard InChI is InChI=1S/C36H41N7O6S.ClH/c1-21(2)43-19-29-32(33(43)44)39-26(18-38-29)17-37-25(16-36(5)12-13-36)20-49-30-15-28(31-22(3)8-6-9-23(31)4)40-35(41-30)42-50(47,48)27-11-7-10-24(14-27)34(45)46;/h6-11,14-15,18,21,25,37H,12-13,16-17,19-20H2,1-5H3,(H,45,46)(H,40,41,42);1H/t25-;/m1./s1. The monoisotopic (exact) mass is 735 g/mol. The van der Waals surface area contributed by atoms with Gasteiger partial charge >= 0.3 is 5.97 Å². The third-order valence-electron chi connectivity index (χ3n) is 9.21. The van der Waals surface area contributed by atoms with E-state index in [9.17, 15) is 23.1 Å². The van der Waals surface area contributed by atoms with Crippen LogP contribution in [0.25, 0.3) is 11.3 Å². The van der Waals surface area contributed by atoms with Gasteiger partial charge in [-0.15, -0.1) is 12.4 Å². The number of aryl methyl sites for hydroxylation is 2. The highest BCUT2D eigenvalue weighted by Crippen LogP contribution is 2.49. The van der Waals surface area contributed by atoms with Gasteiger partial charge in [-0.05, 0) is 81.7 Å². The number of anilines is 1. The molecule has 3 N–H and O–H groups in total. The summed E-state index contributed by atoms with van der Waals surface area (Å²) >= 11 is 0. The molecular formula is C36H42ClN7O6S. The van der Waals surface area contributed by atoms with Gasteiger partial charge in [0, 0.05) is 30.3 Å². The summed E-state index contributed by atoms with van der Waals surface area (Å²) in [6.45, 7) is 11.1. The van der Waals surface area contributed by atoms with E-state index in [4.69, 9.17) is 4.74 Å². The van der Waals surface area contributed by atoms with E-state index < -0.39 is 16.0 Å². The smallest absolute Gasteiger partial charge is 0.335 e. The summed E-state index contributed by atoms with van der Waals surface area (Å²) in [5.74, 6) is -1.41. The lowest BCUT2D eigenvalue weighted by Gasteiger charge is -2.22. The highest BCUT2D eigenvalue weighted by Gasteiger charge is 2.39. The normalized spacial score (nSPS) is 15.3. The molecule has 0 radical (unpaired) electrons. The van der Waals surface area contributed by atoms with Crippen LogP contribution in [-0.4, -0.2) is 68.9 Å². The quantitative estimate of drug-likeness (QED) is 0.148. The average molecular weight is 736 g/mol. The number of carbonyl (C=O) groups excluding carboxylic acids is 1. The molecule has 0 unspecified atom stereocenters. The van der Waals surface area contributed by atoms with Gasteiger partial charge in [-0.3, -0.25) is 9.78 Å². The van der Waals surface area contributed by atoms with Gasteiger partial charge in [0.1, 0.15) is 6.61 Å². The molecule has 13 nitrogen and oxygen atoms in total. The van der Waals surface area contributed by atoms with Crippen LogP contribution in [0.4, 0.5) is 5.95 Å². The fourth-order valence-corrected chi connectivity index (χ4v) is 7.10. The summed E-state index contributed by atoms with van der Waals surface area (Å²) in [5.41, 5.74) is 4.87. The molecule has 3 heterocycles. The molecule has 0 spiro atoms. The fraction of sp³-hybridized carbons (Fsp3) is 0.389. The lowest BCUT2D eigenvalue weighted by atomic mass is 9.99. The van der Waals surface area contributed by atoms with Gasteiger partial charge in [0.15, 0.2) is 5.69 Å². The van der Waals surface area contributed by atoms with Crippen molar-refractivity contribution in [1.29, 1.82) is 0 Å². The van der Waals surface area contributed by atoms with Crippen molar-refractivity contribution < 1.29 is 27.9 Å². The number of aromatic nitrogens is 4. The summed E-state index contributed by atoms with van der Waals surface area (Å²) in [6.07, 6.45) is 4.72. The van der Waals surface area contributed by atoms with Gasteiger partial charge in [-0.1, -0.05) is 31.2 Å². The van der Waals surface area contributed by atoms with Gasteiger partial charge in [0.05, 0.1) is 40.3 Å². The Kier molecular flexibility index (Phi) is 11.0. The number of carbonyl (C=O) groups is 2. The summed E-state index contributed by atoms with van der Waals surface area (Å²) < 4.78 is 35.5. The van der Waals surface area contributed by atoms with Gasteiger partial charge in [0.2, 0.25) is 11.8 Å². The SMILES string of the molecule is Cc1cccc(C)c1-c1cc(OC[C@@H](CC2(C)CC2)NCc2cnc3c(n2)C(=O)N(C(C)C)C3)nc(NS(=O)(=O)c2cccc(C(=O)O)c2)n1.Cl. The van der Waals surface area contributed by atoms with Gasteiger partial charge in [-0.25, -0.2) is 27.9 Å². The second-order valence-electron chi connectivity index (χ2n) is 13.7. The molecule has 2 aromatic carbocycles. The van der Waals surface area contributed by atoms with Crippen LogP contribution in [0.15, 0.2) is 59.6 Å². The zero-order valence-corrected chi connectivity index (χ0v) is 30.8. The average Bonchev–Trinajstić information content (AvgIpc) is 3.70. The Morgan fingerprint density at radius 1 is 1.06 bits per heavy atom. The fourth-order valence-electron chi connectivity index (χ4n) is 6.11. The molecule has 1 aliphatic heterocycles. The Bertz CT molecular complexity index is 2050. The molecule has 15 heteroatoms. The lowest BCUT2D eigenvalue weighted by molar-refractivity contribution is 0.0694. The summed E-state index contributed by atoms with van der Waals surface area (Å²) in [4.78, 5) is 44.1. The third-order valence-corrected chi connectivity index (χ3v) is 10.5. The molecule has 4 aromatic rings. The molecule has 270 valence electrons. The number of nitrogens with zero attached hydrogens (tertiary/aromatic N) is 5. The first-order valence-corrected chi connectivity index (χ1v) is 18.0. The minimum Gasteiger partial charge on any atom is -0.478 e. The summed E-state index contributed by atoms with van der Waals surface area (Å²) in [6, 6.07) is 12.5. The number of benzene rings is 2. The van der Waals surface area contributed by atoms with Crippen LogP contribution >= 0.6 is 12.4 Å².